The fourth-order valence-electron chi connectivity index (χ4n) is 5.06. The molecule has 7 heteroatoms. The fourth-order valence-corrected chi connectivity index (χ4v) is 5.06. The first kappa shape index (κ1) is 23.8. The number of rotatable bonds is 10. The molecule has 7 nitrogen and oxygen atoms in total. The molecule has 180 valence electrons. The number of amides is 2. The van der Waals surface area contributed by atoms with Crippen LogP contribution in [0.3, 0.4) is 0 Å². The monoisotopic (exact) mass is 464 g/mol. The van der Waals surface area contributed by atoms with E-state index in [1.165, 1.54) is 11.1 Å². The van der Waals surface area contributed by atoms with E-state index in [0.717, 1.165) is 24.0 Å². The van der Waals surface area contributed by atoms with Crippen LogP contribution < -0.4 is 5.32 Å². The van der Waals surface area contributed by atoms with Gasteiger partial charge in [-0.2, -0.15) is 0 Å². The van der Waals surface area contributed by atoms with Crippen molar-refractivity contribution in [3.05, 3.63) is 59.7 Å². The van der Waals surface area contributed by atoms with Gasteiger partial charge >= 0.3 is 12.1 Å². The Morgan fingerprint density at radius 1 is 1.03 bits per heavy atom. The number of fused-ring (bicyclic) bond motifs is 3. The minimum Gasteiger partial charge on any atom is -0.481 e. The molecule has 4 rings (SSSR count). The van der Waals surface area contributed by atoms with Gasteiger partial charge in [0.25, 0.3) is 0 Å². The fraction of sp³-hybridized carbons (Fsp3) is 0.444. The zero-order valence-corrected chi connectivity index (χ0v) is 19.6. The summed E-state index contributed by atoms with van der Waals surface area (Å²) < 4.78 is 5.69. The summed E-state index contributed by atoms with van der Waals surface area (Å²) in [6.45, 7) is 2.87. The van der Waals surface area contributed by atoms with E-state index in [2.05, 4.69) is 29.6 Å². The van der Waals surface area contributed by atoms with E-state index < -0.39 is 17.6 Å². The number of aliphatic carboxylic acids is 1. The molecule has 1 saturated carbocycles. The summed E-state index contributed by atoms with van der Waals surface area (Å²) >= 11 is 0. The number of carbonyl (C=O) groups excluding carboxylic acids is 2. The molecule has 0 heterocycles. The lowest BCUT2D eigenvalue weighted by Crippen LogP contribution is -2.56. The molecule has 1 fully saturated rings. The molecule has 0 aliphatic heterocycles. The van der Waals surface area contributed by atoms with Gasteiger partial charge in [0, 0.05) is 19.0 Å². The average molecular weight is 465 g/mol. The second-order valence-corrected chi connectivity index (χ2v) is 9.29. The Kier molecular flexibility index (Phi) is 7.20. The number of nitrogens with zero attached hydrogens (tertiary/aromatic N) is 1. The van der Waals surface area contributed by atoms with E-state index in [1.807, 2.05) is 31.2 Å². The van der Waals surface area contributed by atoms with Gasteiger partial charge in [0.05, 0.1) is 18.4 Å². The number of carbonyl (C=O) groups is 3. The minimum atomic E-state index is -0.927. The number of ether oxygens (including phenoxy) is 1. The molecule has 0 spiro atoms. The molecule has 0 unspecified atom stereocenters. The van der Waals surface area contributed by atoms with Crippen molar-refractivity contribution in [2.75, 3.05) is 19.7 Å². The molecule has 2 aliphatic rings. The van der Waals surface area contributed by atoms with Crippen molar-refractivity contribution in [1.82, 2.24) is 10.2 Å². The van der Waals surface area contributed by atoms with Gasteiger partial charge in [0.1, 0.15) is 6.61 Å². The first-order chi connectivity index (χ1) is 16.4. The maximum Gasteiger partial charge on any atom is 0.407 e. The third-order valence-corrected chi connectivity index (χ3v) is 6.95. The van der Waals surface area contributed by atoms with Crippen molar-refractivity contribution in [3.8, 4) is 11.1 Å². The molecule has 2 aliphatic carbocycles. The van der Waals surface area contributed by atoms with Crippen molar-refractivity contribution < 1.29 is 24.2 Å². The van der Waals surface area contributed by atoms with Crippen molar-refractivity contribution in [2.24, 2.45) is 0 Å². The van der Waals surface area contributed by atoms with Crippen LogP contribution in [0.2, 0.25) is 0 Å². The van der Waals surface area contributed by atoms with Crippen LogP contribution in [0.5, 0.6) is 0 Å². The summed E-state index contributed by atoms with van der Waals surface area (Å²) in [6.07, 6.45) is 2.67. The van der Waals surface area contributed by atoms with Gasteiger partial charge in [0.15, 0.2) is 0 Å². The number of nitrogens with one attached hydrogen (secondary N) is 1. The number of hydrogen-bond donors (Lipinski definition) is 2. The Balaban J connectivity index is 1.37. The maximum absolute atomic E-state index is 12.9. The van der Waals surface area contributed by atoms with Crippen molar-refractivity contribution in [2.45, 2.75) is 56.9 Å². The summed E-state index contributed by atoms with van der Waals surface area (Å²) in [4.78, 5) is 38.2. The Bertz CT molecular complexity index is 1020. The highest BCUT2D eigenvalue weighted by Gasteiger charge is 2.42. The lowest BCUT2D eigenvalue weighted by Gasteiger charge is -2.42. The van der Waals surface area contributed by atoms with Crippen LogP contribution >= 0.6 is 0 Å². The molecule has 34 heavy (non-hydrogen) atoms. The first-order valence-corrected chi connectivity index (χ1v) is 12.1. The quantitative estimate of drug-likeness (QED) is 0.538. The van der Waals surface area contributed by atoms with Crippen LogP contribution in [-0.2, 0) is 14.3 Å². The second kappa shape index (κ2) is 10.3. The normalized spacial score (nSPS) is 15.6. The van der Waals surface area contributed by atoms with E-state index in [9.17, 15) is 14.4 Å². The summed E-state index contributed by atoms with van der Waals surface area (Å²) in [5, 5.41) is 12.0. The first-order valence-electron chi connectivity index (χ1n) is 12.1. The minimum absolute atomic E-state index is 0.0202. The Morgan fingerprint density at radius 3 is 2.18 bits per heavy atom. The van der Waals surface area contributed by atoms with Crippen LogP contribution in [0.4, 0.5) is 4.79 Å². The third kappa shape index (κ3) is 5.08. The Hall–Kier alpha value is -3.35. The molecular weight excluding hydrogens is 432 g/mol. The lowest BCUT2D eigenvalue weighted by molar-refractivity contribution is -0.139. The third-order valence-electron chi connectivity index (χ3n) is 6.95. The van der Waals surface area contributed by atoms with Crippen molar-refractivity contribution in [1.29, 1.82) is 0 Å². The lowest BCUT2D eigenvalue weighted by atomic mass is 9.74. The molecule has 0 bridgehead atoms. The summed E-state index contributed by atoms with van der Waals surface area (Å²) in [5.74, 6) is -1.07. The predicted molar refractivity (Wildman–Crippen MR) is 129 cm³/mol. The van der Waals surface area contributed by atoms with Crippen LogP contribution in [0.15, 0.2) is 48.5 Å². The largest absolute Gasteiger partial charge is 0.481 e. The molecule has 0 radical (unpaired) electrons. The van der Waals surface area contributed by atoms with E-state index >= 15 is 0 Å². The molecule has 2 N–H and O–H groups in total. The van der Waals surface area contributed by atoms with E-state index in [-0.39, 0.29) is 37.8 Å². The number of carboxylic acids is 1. The number of hydrogen-bond acceptors (Lipinski definition) is 4. The average Bonchev–Trinajstić information content (AvgIpc) is 3.12. The zero-order valence-electron chi connectivity index (χ0n) is 19.6. The van der Waals surface area contributed by atoms with Crippen molar-refractivity contribution >= 4 is 18.0 Å². The predicted octanol–water partition coefficient (Wildman–Crippen LogP) is 4.55. The molecule has 0 saturated heterocycles. The Labute approximate surface area is 200 Å². The van der Waals surface area contributed by atoms with E-state index in [4.69, 9.17) is 9.84 Å². The molecule has 2 aromatic carbocycles. The van der Waals surface area contributed by atoms with Crippen LogP contribution in [0, 0.1) is 0 Å². The van der Waals surface area contributed by atoms with E-state index in [1.54, 1.807) is 4.90 Å². The van der Waals surface area contributed by atoms with Crippen molar-refractivity contribution in [3.63, 3.8) is 0 Å². The molecule has 2 aromatic rings. The SMILES string of the molecule is CCCN(CCC(=O)O)C(=O)CC1(NC(=O)OCC2c3ccccc3-c3ccccc32)CCC1. The van der Waals surface area contributed by atoms with E-state index in [0.29, 0.717) is 19.4 Å². The van der Waals surface area contributed by atoms with Gasteiger partial charge < -0.3 is 20.1 Å². The molecular formula is C27H32N2O5. The number of alkyl carbamates (subject to hydrolysis) is 1. The summed E-state index contributed by atoms with van der Waals surface area (Å²) in [6, 6.07) is 16.4. The van der Waals surface area contributed by atoms with Gasteiger partial charge in [0.2, 0.25) is 5.91 Å². The van der Waals surface area contributed by atoms with Gasteiger partial charge in [-0.15, -0.1) is 0 Å². The summed E-state index contributed by atoms with van der Waals surface area (Å²) in [5.41, 5.74) is 4.03. The van der Waals surface area contributed by atoms with Crippen LogP contribution in [0.25, 0.3) is 11.1 Å². The topological polar surface area (TPSA) is 95.9 Å². The van der Waals surface area contributed by atoms with Gasteiger partial charge in [-0.05, 0) is 47.9 Å². The Morgan fingerprint density at radius 2 is 1.65 bits per heavy atom. The van der Waals surface area contributed by atoms with Crippen LogP contribution in [-0.4, -0.2) is 53.2 Å². The summed E-state index contributed by atoms with van der Waals surface area (Å²) in [7, 11) is 0. The standard InChI is InChI=1S/C27H32N2O5/c1-2-15-29(16-12-25(31)32)24(30)17-27(13-7-14-27)28-26(33)34-18-23-21-10-5-3-8-19(21)20-9-4-6-11-22(20)23/h3-6,8-11,23H,2,7,12-18H2,1H3,(H,28,33)(H,31,32). The number of benzene rings is 2. The molecule has 0 aromatic heterocycles. The highest BCUT2D eigenvalue weighted by atomic mass is 16.5. The van der Waals surface area contributed by atoms with Gasteiger partial charge in [-0.25, -0.2) is 4.79 Å². The highest BCUT2D eigenvalue weighted by molar-refractivity contribution is 5.80. The van der Waals surface area contributed by atoms with Crippen LogP contribution in [0.1, 0.15) is 62.5 Å². The second-order valence-electron chi connectivity index (χ2n) is 9.29. The highest BCUT2D eigenvalue weighted by Crippen LogP contribution is 2.44. The maximum atomic E-state index is 12.9. The zero-order chi connectivity index (χ0) is 24.1. The molecule has 0 atom stereocenters. The van der Waals surface area contributed by atoms with Gasteiger partial charge in [-0.1, -0.05) is 55.5 Å². The van der Waals surface area contributed by atoms with Gasteiger partial charge in [-0.3, -0.25) is 9.59 Å². The smallest absolute Gasteiger partial charge is 0.407 e. The molecule has 2 amide bonds. The number of carboxylic acid groups (broad SMARTS) is 1.